The summed E-state index contributed by atoms with van der Waals surface area (Å²) in [5.74, 6) is -0.923. The van der Waals surface area contributed by atoms with Gasteiger partial charge in [-0.2, -0.15) is 0 Å². The maximum absolute atomic E-state index is 11.4. The smallest absolute Gasteiger partial charge is 0.309 e. The normalized spacial score (nSPS) is 21.9. The van der Waals surface area contributed by atoms with Gasteiger partial charge in [-0.3, -0.25) is 9.59 Å². The summed E-state index contributed by atoms with van der Waals surface area (Å²) in [6, 6.07) is 4.54. The van der Waals surface area contributed by atoms with Gasteiger partial charge in [-0.05, 0) is 17.7 Å². The molecule has 19 heavy (non-hydrogen) atoms. The van der Waals surface area contributed by atoms with E-state index in [4.69, 9.17) is 14.6 Å². The molecule has 0 aliphatic carbocycles. The zero-order valence-corrected chi connectivity index (χ0v) is 10.7. The highest BCUT2D eigenvalue weighted by Crippen LogP contribution is 2.34. The minimum absolute atomic E-state index is 0.0144. The first kappa shape index (κ1) is 13.2. The van der Waals surface area contributed by atoms with Gasteiger partial charge in [0.2, 0.25) is 5.91 Å². The van der Waals surface area contributed by atoms with Crippen LogP contribution in [0.25, 0.3) is 0 Å². The average molecular weight is 265 g/mol. The lowest BCUT2D eigenvalue weighted by Gasteiger charge is -2.17. The standard InChI is InChI=1S/C13H15NO5/c1-18-8-3-7(4-9(5-8)19-2)12-10(13(16)17)6-11(15)14-12/h3-5,10,12H,6H2,1-2H3,(H,14,15)(H,16,17). The summed E-state index contributed by atoms with van der Waals surface area (Å²) in [6.07, 6.45) is -0.0144. The van der Waals surface area contributed by atoms with Gasteiger partial charge in [-0.1, -0.05) is 0 Å². The third kappa shape index (κ3) is 2.62. The Labute approximate surface area is 110 Å². The maximum atomic E-state index is 11.4. The molecule has 6 nitrogen and oxygen atoms in total. The molecular weight excluding hydrogens is 250 g/mol. The van der Waals surface area contributed by atoms with Crippen molar-refractivity contribution in [3.63, 3.8) is 0 Å². The predicted molar refractivity (Wildman–Crippen MR) is 66.2 cm³/mol. The molecule has 102 valence electrons. The number of carbonyl (C=O) groups is 2. The molecule has 0 saturated carbocycles. The van der Waals surface area contributed by atoms with Gasteiger partial charge in [0, 0.05) is 12.5 Å². The molecule has 1 saturated heterocycles. The number of carboxylic acid groups (broad SMARTS) is 1. The lowest BCUT2D eigenvalue weighted by Crippen LogP contribution is -2.24. The quantitative estimate of drug-likeness (QED) is 0.847. The molecule has 1 heterocycles. The van der Waals surface area contributed by atoms with Crippen molar-refractivity contribution >= 4 is 11.9 Å². The molecule has 0 bridgehead atoms. The SMILES string of the molecule is COc1cc(OC)cc(C2NC(=O)CC2C(=O)O)c1. The summed E-state index contributed by atoms with van der Waals surface area (Å²) in [5.41, 5.74) is 0.662. The van der Waals surface area contributed by atoms with Gasteiger partial charge in [0.25, 0.3) is 0 Å². The highest BCUT2D eigenvalue weighted by Gasteiger charge is 2.38. The highest BCUT2D eigenvalue weighted by molar-refractivity contribution is 5.87. The van der Waals surface area contributed by atoms with Gasteiger partial charge in [0.15, 0.2) is 0 Å². The number of nitrogens with one attached hydrogen (secondary N) is 1. The van der Waals surface area contributed by atoms with Gasteiger partial charge >= 0.3 is 5.97 Å². The van der Waals surface area contributed by atoms with Crippen molar-refractivity contribution in [3.05, 3.63) is 23.8 Å². The third-order valence-electron chi connectivity index (χ3n) is 3.17. The van der Waals surface area contributed by atoms with Crippen LogP contribution < -0.4 is 14.8 Å². The Kier molecular flexibility index (Phi) is 3.59. The second-order valence-corrected chi connectivity index (χ2v) is 4.34. The first-order valence-corrected chi connectivity index (χ1v) is 5.80. The number of rotatable bonds is 4. The van der Waals surface area contributed by atoms with Crippen LogP contribution >= 0.6 is 0 Å². The van der Waals surface area contributed by atoms with Crippen molar-refractivity contribution in [1.29, 1.82) is 0 Å². The van der Waals surface area contributed by atoms with Crippen molar-refractivity contribution < 1.29 is 24.2 Å². The second kappa shape index (κ2) is 5.17. The number of benzene rings is 1. The fourth-order valence-corrected chi connectivity index (χ4v) is 2.21. The summed E-state index contributed by atoms with van der Waals surface area (Å²) in [7, 11) is 3.03. The minimum atomic E-state index is -0.995. The zero-order valence-electron chi connectivity index (χ0n) is 10.7. The molecule has 1 amide bonds. The monoisotopic (exact) mass is 265 g/mol. The first-order chi connectivity index (χ1) is 9.05. The zero-order chi connectivity index (χ0) is 14.0. The molecule has 0 aromatic heterocycles. The molecule has 0 spiro atoms. The van der Waals surface area contributed by atoms with E-state index in [0.717, 1.165) is 0 Å². The molecule has 2 N–H and O–H groups in total. The van der Waals surface area contributed by atoms with E-state index in [2.05, 4.69) is 5.32 Å². The lowest BCUT2D eigenvalue weighted by molar-refractivity contribution is -0.142. The Balaban J connectivity index is 2.39. The highest BCUT2D eigenvalue weighted by atomic mass is 16.5. The van der Waals surface area contributed by atoms with E-state index in [0.29, 0.717) is 17.1 Å². The van der Waals surface area contributed by atoms with Gasteiger partial charge in [0.1, 0.15) is 11.5 Å². The molecule has 2 unspecified atom stereocenters. The van der Waals surface area contributed by atoms with Crippen LogP contribution in [0.2, 0.25) is 0 Å². The van der Waals surface area contributed by atoms with E-state index in [1.807, 2.05) is 0 Å². The van der Waals surface area contributed by atoms with E-state index >= 15 is 0 Å². The molecule has 1 fully saturated rings. The second-order valence-electron chi connectivity index (χ2n) is 4.34. The molecule has 1 aliphatic rings. The van der Waals surface area contributed by atoms with E-state index in [-0.39, 0.29) is 12.3 Å². The average Bonchev–Trinajstić information content (AvgIpc) is 2.80. The summed E-state index contributed by atoms with van der Waals surface area (Å²) < 4.78 is 10.3. The predicted octanol–water partition coefficient (Wildman–Crippen LogP) is 0.966. The van der Waals surface area contributed by atoms with Gasteiger partial charge < -0.3 is 19.9 Å². The van der Waals surface area contributed by atoms with Crippen LogP contribution in [0.4, 0.5) is 0 Å². The molecule has 6 heteroatoms. The van der Waals surface area contributed by atoms with E-state index in [1.165, 1.54) is 14.2 Å². The van der Waals surface area contributed by atoms with Crippen LogP contribution in [-0.4, -0.2) is 31.2 Å². The number of carbonyl (C=O) groups excluding carboxylic acids is 1. The largest absolute Gasteiger partial charge is 0.497 e. The molecule has 0 radical (unpaired) electrons. The number of hydrogen-bond donors (Lipinski definition) is 2. The van der Waals surface area contributed by atoms with Gasteiger partial charge in [0.05, 0.1) is 26.2 Å². The van der Waals surface area contributed by atoms with Crippen molar-refractivity contribution in [2.75, 3.05) is 14.2 Å². The first-order valence-electron chi connectivity index (χ1n) is 5.80. The molecular formula is C13H15NO5. The Morgan fingerprint density at radius 3 is 2.32 bits per heavy atom. The number of methoxy groups -OCH3 is 2. The summed E-state index contributed by atoms with van der Waals surface area (Å²) >= 11 is 0. The summed E-state index contributed by atoms with van der Waals surface area (Å²) in [4.78, 5) is 22.6. The van der Waals surface area contributed by atoms with Crippen LogP contribution in [0.3, 0.4) is 0 Å². The van der Waals surface area contributed by atoms with Crippen LogP contribution in [-0.2, 0) is 9.59 Å². The van der Waals surface area contributed by atoms with Crippen LogP contribution in [0.15, 0.2) is 18.2 Å². The molecule has 2 rings (SSSR count). The number of ether oxygens (including phenoxy) is 2. The van der Waals surface area contributed by atoms with Crippen molar-refractivity contribution in [2.24, 2.45) is 5.92 Å². The van der Waals surface area contributed by atoms with Crippen molar-refractivity contribution in [3.8, 4) is 11.5 Å². The molecule has 1 aromatic rings. The molecule has 2 atom stereocenters. The Hall–Kier alpha value is -2.24. The number of hydrogen-bond acceptors (Lipinski definition) is 4. The fraction of sp³-hybridized carbons (Fsp3) is 0.385. The van der Waals surface area contributed by atoms with E-state index in [9.17, 15) is 9.59 Å². The van der Waals surface area contributed by atoms with Crippen LogP contribution in [0.1, 0.15) is 18.0 Å². The number of carboxylic acids is 1. The molecule has 1 aliphatic heterocycles. The minimum Gasteiger partial charge on any atom is -0.497 e. The van der Waals surface area contributed by atoms with Crippen LogP contribution in [0, 0.1) is 5.92 Å². The Bertz CT molecular complexity index is 492. The Morgan fingerprint density at radius 2 is 1.84 bits per heavy atom. The maximum Gasteiger partial charge on any atom is 0.309 e. The molecule has 1 aromatic carbocycles. The number of aliphatic carboxylic acids is 1. The fourth-order valence-electron chi connectivity index (χ4n) is 2.21. The van der Waals surface area contributed by atoms with Gasteiger partial charge in [-0.15, -0.1) is 0 Å². The van der Waals surface area contributed by atoms with Crippen molar-refractivity contribution in [1.82, 2.24) is 5.32 Å². The summed E-state index contributed by atoms with van der Waals surface area (Å²) in [5, 5.41) is 11.8. The summed E-state index contributed by atoms with van der Waals surface area (Å²) in [6.45, 7) is 0. The van der Waals surface area contributed by atoms with Crippen molar-refractivity contribution in [2.45, 2.75) is 12.5 Å². The third-order valence-corrected chi connectivity index (χ3v) is 3.17. The Morgan fingerprint density at radius 1 is 1.26 bits per heavy atom. The van der Waals surface area contributed by atoms with Gasteiger partial charge in [-0.25, -0.2) is 0 Å². The van der Waals surface area contributed by atoms with Crippen LogP contribution in [0.5, 0.6) is 11.5 Å². The lowest BCUT2D eigenvalue weighted by atomic mass is 9.94. The van der Waals surface area contributed by atoms with E-state index in [1.54, 1.807) is 18.2 Å². The topological polar surface area (TPSA) is 84.9 Å². The number of amides is 1. The van der Waals surface area contributed by atoms with E-state index < -0.39 is 17.9 Å².